The lowest BCUT2D eigenvalue weighted by molar-refractivity contribution is 0.0518. The number of hydrogen-bond acceptors (Lipinski definition) is 6. The molecule has 0 fully saturated rings. The van der Waals surface area contributed by atoms with Crippen LogP contribution < -0.4 is 0 Å². The normalized spacial score (nSPS) is 10.6. The molecule has 0 atom stereocenters. The lowest BCUT2D eigenvalue weighted by Crippen LogP contribution is -2.09. The Morgan fingerprint density at radius 1 is 1.50 bits per heavy atom. The molecule has 7 heteroatoms. The van der Waals surface area contributed by atoms with Crippen LogP contribution >= 0.6 is 0 Å². The first-order chi connectivity index (χ1) is 8.63. The van der Waals surface area contributed by atoms with Gasteiger partial charge in [-0.05, 0) is 20.8 Å². The fourth-order valence-electron chi connectivity index (χ4n) is 1.52. The Labute approximate surface area is 104 Å². The highest BCUT2D eigenvalue weighted by Crippen LogP contribution is 2.10. The molecule has 0 aliphatic heterocycles. The van der Waals surface area contributed by atoms with Crippen LogP contribution in [0.3, 0.4) is 0 Å². The summed E-state index contributed by atoms with van der Waals surface area (Å²) in [5, 5.41) is 7.74. The highest BCUT2D eigenvalue weighted by molar-refractivity contribution is 5.88. The fraction of sp³-hybridized carbons (Fsp3) is 0.455. The summed E-state index contributed by atoms with van der Waals surface area (Å²) in [6.07, 6.45) is 1.38. The lowest BCUT2D eigenvalue weighted by Gasteiger charge is -2.02. The first-order valence-corrected chi connectivity index (χ1v) is 5.59. The van der Waals surface area contributed by atoms with Crippen molar-refractivity contribution in [3.05, 3.63) is 29.2 Å². The largest absolute Gasteiger partial charge is 0.461 e. The molecule has 2 aromatic rings. The van der Waals surface area contributed by atoms with Crippen molar-refractivity contribution in [2.45, 2.75) is 27.3 Å². The predicted molar refractivity (Wildman–Crippen MR) is 61.1 cm³/mol. The SMILES string of the molecule is CCOC(=O)c1nnn(Cc2ncoc2C)c1C. The Kier molecular flexibility index (Phi) is 3.40. The van der Waals surface area contributed by atoms with Crippen LogP contribution in [0.15, 0.2) is 10.8 Å². The molecule has 0 amide bonds. The third-order valence-corrected chi connectivity index (χ3v) is 2.60. The molecule has 2 rings (SSSR count). The van der Waals surface area contributed by atoms with Crippen molar-refractivity contribution in [2.75, 3.05) is 6.61 Å². The van der Waals surface area contributed by atoms with E-state index in [1.165, 1.54) is 6.39 Å². The molecule has 0 radical (unpaired) electrons. The van der Waals surface area contributed by atoms with Crippen molar-refractivity contribution in [2.24, 2.45) is 0 Å². The molecule has 7 nitrogen and oxygen atoms in total. The zero-order chi connectivity index (χ0) is 13.1. The Morgan fingerprint density at radius 3 is 2.89 bits per heavy atom. The average molecular weight is 250 g/mol. The number of nitrogens with zero attached hydrogens (tertiary/aromatic N) is 4. The monoisotopic (exact) mass is 250 g/mol. The van der Waals surface area contributed by atoms with Crippen molar-refractivity contribution >= 4 is 5.97 Å². The Hall–Kier alpha value is -2.18. The van der Waals surface area contributed by atoms with Crippen LogP contribution in [-0.4, -0.2) is 32.6 Å². The maximum absolute atomic E-state index is 11.6. The number of rotatable bonds is 4. The quantitative estimate of drug-likeness (QED) is 0.756. The lowest BCUT2D eigenvalue weighted by atomic mass is 10.3. The molecule has 0 saturated carbocycles. The van der Waals surface area contributed by atoms with Gasteiger partial charge in [-0.15, -0.1) is 5.10 Å². The molecule has 0 aliphatic carbocycles. The second kappa shape index (κ2) is 4.99. The number of oxazole rings is 1. The van der Waals surface area contributed by atoms with Gasteiger partial charge in [-0.25, -0.2) is 14.5 Å². The van der Waals surface area contributed by atoms with Crippen LogP contribution in [0.25, 0.3) is 0 Å². The summed E-state index contributed by atoms with van der Waals surface area (Å²) in [5.41, 5.74) is 1.65. The molecule has 0 saturated heterocycles. The minimum absolute atomic E-state index is 0.234. The number of ether oxygens (including phenoxy) is 1. The van der Waals surface area contributed by atoms with Gasteiger partial charge in [0.25, 0.3) is 0 Å². The van der Waals surface area contributed by atoms with Gasteiger partial charge in [-0.2, -0.15) is 0 Å². The van der Waals surface area contributed by atoms with Crippen LogP contribution in [0.2, 0.25) is 0 Å². The molecule has 96 valence electrons. The summed E-state index contributed by atoms with van der Waals surface area (Å²) in [5.74, 6) is 0.265. The molecule has 0 aromatic carbocycles. The van der Waals surface area contributed by atoms with Gasteiger partial charge < -0.3 is 9.15 Å². The van der Waals surface area contributed by atoms with E-state index in [9.17, 15) is 4.79 Å². The van der Waals surface area contributed by atoms with E-state index in [4.69, 9.17) is 9.15 Å². The van der Waals surface area contributed by atoms with Gasteiger partial charge in [0.1, 0.15) is 11.5 Å². The van der Waals surface area contributed by atoms with Crippen LogP contribution in [0.1, 0.15) is 34.6 Å². The van der Waals surface area contributed by atoms with Gasteiger partial charge in [-0.1, -0.05) is 5.21 Å². The van der Waals surface area contributed by atoms with Crippen molar-refractivity contribution in [1.82, 2.24) is 20.0 Å². The van der Waals surface area contributed by atoms with E-state index in [2.05, 4.69) is 15.3 Å². The molecule has 0 unspecified atom stereocenters. The van der Waals surface area contributed by atoms with E-state index in [-0.39, 0.29) is 5.69 Å². The van der Waals surface area contributed by atoms with E-state index < -0.39 is 5.97 Å². The number of esters is 1. The van der Waals surface area contributed by atoms with Gasteiger partial charge in [0.05, 0.1) is 18.8 Å². The second-order valence-electron chi connectivity index (χ2n) is 3.76. The minimum atomic E-state index is -0.460. The van der Waals surface area contributed by atoms with E-state index in [1.807, 2.05) is 6.92 Å². The molecule has 2 heterocycles. The average Bonchev–Trinajstić information content (AvgIpc) is 2.89. The summed E-state index contributed by atoms with van der Waals surface area (Å²) in [6, 6.07) is 0. The maximum Gasteiger partial charge on any atom is 0.360 e. The maximum atomic E-state index is 11.6. The van der Waals surface area contributed by atoms with Crippen molar-refractivity contribution in [1.29, 1.82) is 0 Å². The topological polar surface area (TPSA) is 83.0 Å². The number of aromatic nitrogens is 4. The number of hydrogen-bond donors (Lipinski definition) is 0. The smallest absolute Gasteiger partial charge is 0.360 e. The highest BCUT2D eigenvalue weighted by Gasteiger charge is 2.18. The summed E-state index contributed by atoms with van der Waals surface area (Å²) < 4.78 is 11.6. The fourth-order valence-corrected chi connectivity index (χ4v) is 1.52. The predicted octanol–water partition coefficient (Wildman–Crippen LogP) is 1.11. The Bertz CT molecular complexity index is 558. The van der Waals surface area contributed by atoms with Crippen LogP contribution in [0, 0.1) is 13.8 Å². The molecule has 0 bridgehead atoms. The third-order valence-electron chi connectivity index (χ3n) is 2.60. The molecule has 18 heavy (non-hydrogen) atoms. The molecular weight excluding hydrogens is 236 g/mol. The minimum Gasteiger partial charge on any atom is -0.461 e. The van der Waals surface area contributed by atoms with Crippen LogP contribution in [0.5, 0.6) is 0 Å². The second-order valence-corrected chi connectivity index (χ2v) is 3.76. The van der Waals surface area contributed by atoms with Crippen LogP contribution in [-0.2, 0) is 11.3 Å². The standard InChI is InChI=1S/C11H14N4O3/c1-4-17-11(16)10-7(2)15(14-13-10)5-9-8(3)18-6-12-9/h6H,4-5H2,1-3H3. The van der Waals surface area contributed by atoms with Crippen molar-refractivity contribution in [3.8, 4) is 0 Å². The third kappa shape index (κ3) is 2.24. The van der Waals surface area contributed by atoms with E-state index in [1.54, 1.807) is 18.5 Å². The Morgan fingerprint density at radius 2 is 2.28 bits per heavy atom. The summed E-state index contributed by atoms with van der Waals surface area (Å²) >= 11 is 0. The van der Waals surface area contributed by atoms with Gasteiger partial charge in [0.15, 0.2) is 12.1 Å². The number of carbonyl (C=O) groups is 1. The first kappa shape index (κ1) is 12.3. The van der Waals surface area contributed by atoms with Gasteiger partial charge in [-0.3, -0.25) is 0 Å². The molecule has 0 aliphatic rings. The van der Waals surface area contributed by atoms with E-state index in [0.717, 1.165) is 11.5 Å². The van der Waals surface area contributed by atoms with Gasteiger partial charge in [0, 0.05) is 0 Å². The summed E-state index contributed by atoms with van der Waals surface area (Å²) in [7, 11) is 0. The number of aryl methyl sites for hydroxylation is 1. The summed E-state index contributed by atoms with van der Waals surface area (Å²) in [4.78, 5) is 15.6. The van der Waals surface area contributed by atoms with Gasteiger partial charge in [0.2, 0.25) is 0 Å². The molecule has 0 spiro atoms. The molecule has 2 aromatic heterocycles. The first-order valence-electron chi connectivity index (χ1n) is 5.59. The van der Waals surface area contributed by atoms with Gasteiger partial charge >= 0.3 is 5.97 Å². The number of carbonyl (C=O) groups excluding carboxylic acids is 1. The Balaban J connectivity index is 2.21. The molecule has 0 N–H and O–H groups in total. The summed E-state index contributed by atoms with van der Waals surface area (Å²) in [6.45, 7) is 6.06. The zero-order valence-electron chi connectivity index (χ0n) is 10.5. The van der Waals surface area contributed by atoms with Crippen LogP contribution in [0.4, 0.5) is 0 Å². The highest BCUT2D eigenvalue weighted by atomic mass is 16.5. The van der Waals surface area contributed by atoms with Crippen molar-refractivity contribution < 1.29 is 13.9 Å². The van der Waals surface area contributed by atoms with E-state index >= 15 is 0 Å². The van der Waals surface area contributed by atoms with Crippen molar-refractivity contribution in [3.63, 3.8) is 0 Å². The molecular formula is C11H14N4O3. The zero-order valence-corrected chi connectivity index (χ0v) is 10.5. The van der Waals surface area contributed by atoms with E-state index in [0.29, 0.717) is 18.8 Å².